The molecule has 3 unspecified atom stereocenters. The number of hydrogen-bond donors (Lipinski definition) is 2. The van der Waals surface area contributed by atoms with Gasteiger partial charge in [-0.1, -0.05) is 13.0 Å². The van der Waals surface area contributed by atoms with Gasteiger partial charge in [0.25, 0.3) is 0 Å². The van der Waals surface area contributed by atoms with E-state index >= 15 is 0 Å². The third-order valence-electron chi connectivity index (χ3n) is 4.93. The summed E-state index contributed by atoms with van der Waals surface area (Å²) < 4.78 is 5.81. The maximum absolute atomic E-state index is 10.4. The third kappa shape index (κ3) is 2.68. The number of fused-ring (bicyclic) bond motifs is 1. The second-order valence-electron chi connectivity index (χ2n) is 6.43. The minimum absolute atomic E-state index is 0.245. The van der Waals surface area contributed by atoms with Crippen molar-refractivity contribution in [3.63, 3.8) is 0 Å². The molecule has 1 heterocycles. The van der Waals surface area contributed by atoms with Crippen molar-refractivity contribution in [2.24, 2.45) is 0 Å². The predicted molar refractivity (Wildman–Crippen MR) is 83.9 cm³/mol. The van der Waals surface area contributed by atoms with E-state index in [0.29, 0.717) is 17.7 Å². The van der Waals surface area contributed by atoms with E-state index in [4.69, 9.17) is 4.74 Å². The van der Waals surface area contributed by atoms with Gasteiger partial charge in [-0.2, -0.15) is 0 Å². The molecule has 1 saturated heterocycles. The number of morpholine rings is 1. The lowest BCUT2D eigenvalue weighted by Crippen LogP contribution is -2.47. The van der Waals surface area contributed by atoms with Gasteiger partial charge in [-0.05, 0) is 43.5 Å². The van der Waals surface area contributed by atoms with Crippen LogP contribution in [0, 0.1) is 6.92 Å². The fourth-order valence-electron chi connectivity index (χ4n) is 4.02. The third-order valence-corrected chi connectivity index (χ3v) is 4.93. The van der Waals surface area contributed by atoms with Crippen LogP contribution < -0.4 is 5.32 Å². The Morgan fingerprint density at radius 3 is 2.95 bits per heavy atom. The quantitative estimate of drug-likeness (QED) is 0.895. The summed E-state index contributed by atoms with van der Waals surface area (Å²) in [5.74, 6) is 0.976. The fourth-order valence-corrected chi connectivity index (χ4v) is 4.02. The first-order chi connectivity index (χ1) is 10.1. The molecule has 1 aliphatic heterocycles. The van der Waals surface area contributed by atoms with Crippen LogP contribution in [0.1, 0.15) is 42.0 Å². The molecule has 3 atom stereocenters. The van der Waals surface area contributed by atoms with Gasteiger partial charge in [-0.25, -0.2) is 0 Å². The van der Waals surface area contributed by atoms with Crippen LogP contribution in [-0.4, -0.2) is 49.4 Å². The standard InChI is InChI=1S/C17H26N2O2/c1-11-4-5-15(20)17-14(8-12(2)16(11)17)19-6-7-21-13(10-19)9-18-3/h4-5,12-14,18,20H,6-10H2,1-3H3. The van der Waals surface area contributed by atoms with Gasteiger partial charge in [0.1, 0.15) is 5.75 Å². The molecule has 0 radical (unpaired) electrons. The molecule has 1 aliphatic carbocycles. The number of aromatic hydroxyl groups is 1. The summed E-state index contributed by atoms with van der Waals surface area (Å²) in [5.41, 5.74) is 3.82. The van der Waals surface area contributed by atoms with Crippen LogP contribution >= 0.6 is 0 Å². The van der Waals surface area contributed by atoms with Crippen LogP contribution in [0.2, 0.25) is 0 Å². The molecule has 2 aliphatic rings. The number of nitrogens with one attached hydrogen (secondary N) is 1. The average Bonchev–Trinajstić information content (AvgIpc) is 2.83. The summed E-state index contributed by atoms with van der Waals surface area (Å²) in [6, 6.07) is 4.22. The number of phenols is 1. The zero-order chi connectivity index (χ0) is 15.0. The largest absolute Gasteiger partial charge is 0.508 e. The molecule has 1 fully saturated rings. The van der Waals surface area contributed by atoms with Crippen LogP contribution in [0.4, 0.5) is 0 Å². The van der Waals surface area contributed by atoms with Gasteiger partial charge >= 0.3 is 0 Å². The maximum atomic E-state index is 10.4. The molecule has 2 N–H and O–H groups in total. The lowest BCUT2D eigenvalue weighted by Gasteiger charge is -2.37. The Balaban J connectivity index is 1.87. The summed E-state index contributed by atoms with van der Waals surface area (Å²) in [6.45, 7) is 7.97. The van der Waals surface area contributed by atoms with Crippen molar-refractivity contribution >= 4 is 0 Å². The van der Waals surface area contributed by atoms with Crippen LogP contribution in [0.25, 0.3) is 0 Å². The Morgan fingerprint density at radius 1 is 1.38 bits per heavy atom. The lowest BCUT2D eigenvalue weighted by atomic mass is 9.97. The first-order valence-electron chi connectivity index (χ1n) is 7.94. The topological polar surface area (TPSA) is 44.7 Å². The summed E-state index contributed by atoms with van der Waals surface area (Å²) in [6.07, 6.45) is 1.34. The second kappa shape index (κ2) is 5.95. The van der Waals surface area contributed by atoms with Crippen molar-refractivity contribution in [2.75, 3.05) is 33.3 Å². The van der Waals surface area contributed by atoms with E-state index in [-0.39, 0.29) is 6.10 Å². The van der Waals surface area contributed by atoms with Crippen LogP contribution in [0.15, 0.2) is 12.1 Å². The average molecular weight is 290 g/mol. The number of benzene rings is 1. The number of aryl methyl sites for hydroxylation is 1. The van der Waals surface area contributed by atoms with Gasteiger partial charge in [-0.3, -0.25) is 4.90 Å². The molecule has 0 amide bonds. The number of hydrogen-bond acceptors (Lipinski definition) is 4. The summed E-state index contributed by atoms with van der Waals surface area (Å²) >= 11 is 0. The number of nitrogens with zero attached hydrogens (tertiary/aromatic N) is 1. The first kappa shape index (κ1) is 14.8. The monoisotopic (exact) mass is 290 g/mol. The van der Waals surface area contributed by atoms with Gasteiger partial charge < -0.3 is 15.2 Å². The summed E-state index contributed by atoms with van der Waals surface area (Å²) in [7, 11) is 1.96. The van der Waals surface area contributed by atoms with E-state index in [1.54, 1.807) is 0 Å². The van der Waals surface area contributed by atoms with E-state index in [1.807, 2.05) is 19.2 Å². The van der Waals surface area contributed by atoms with Crippen LogP contribution in [0.5, 0.6) is 5.75 Å². The maximum Gasteiger partial charge on any atom is 0.120 e. The molecular weight excluding hydrogens is 264 g/mol. The second-order valence-corrected chi connectivity index (χ2v) is 6.43. The minimum Gasteiger partial charge on any atom is -0.508 e. The Bertz CT molecular complexity index is 516. The molecule has 0 saturated carbocycles. The smallest absolute Gasteiger partial charge is 0.120 e. The zero-order valence-corrected chi connectivity index (χ0v) is 13.2. The van der Waals surface area contributed by atoms with E-state index in [9.17, 15) is 5.11 Å². The van der Waals surface area contributed by atoms with Crippen molar-refractivity contribution in [1.29, 1.82) is 0 Å². The van der Waals surface area contributed by atoms with Crippen molar-refractivity contribution < 1.29 is 9.84 Å². The molecule has 0 spiro atoms. The van der Waals surface area contributed by atoms with Crippen molar-refractivity contribution in [1.82, 2.24) is 10.2 Å². The van der Waals surface area contributed by atoms with Gasteiger partial charge in [0.15, 0.2) is 0 Å². The van der Waals surface area contributed by atoms with Gasteiger partial charge in [-0.15, -0.1) is 0 Å². The lowest BCUT2D eigenvalue weighted by molar-refractivity contribution is -0.0423. The van der Waals surface area contributed by atoms with Crippen LogP contribution in [-0.2, 0) is 4.74 Å². The Morgan fingerprint density at radius 2 is 2.19 bits per heavy atom. The van der Waals surface area contributed by atoms with E-state index < -0.39 is 0 Å². The molecule has 0 bridgehead atoms. The van der Waals surface area contributed by atoms with E-state index in [1.165, 1.54) is 11.1 Å². The SMILES string of the molecule is CNCC1CN(C2CC(C)c3c(C)ccc(O)c32)CCO1. The van der Waals surface area contributed by atoms with E-state index in [0.717, 1.165) is 38.2 Å². The van der Waals surface area contributed by atoms with Crippen molar-refractivity contribution in [3.05, 3.63) is 28.8 Å². The molecular formula is C17H26N2O2. The number of phenolic OH excluding ortho intramolecular Hbond substituents is 1. The number of likely N-dealkylation sites (N-methyl/N-ethyl adjacent to an activating group) is 1. The summed E-state index contributed by atoms with van der Waals surface area (Å²) in [4.78, 5) is 2.49. The highest BCUT2D eigenvalue weighted by Gasteiger charge is 2.37. The van der Waals surface area contributed by atoms with Crippen molar-refractivity contribution in [3.8, 4) is 5.75 Å². The molecule has 4 nitrogen and oxygen atoms in total. The Kier molecular flexibility index (Phi) is 4.20. The minimum atomic E-state index is 0.245. The van der Waals surface area contributed by atoms with Gasteiger partial charge in [0.05, 0.1) is 12.7 Å². The van der Waals surface area contributed by atoms with Crippen LogP contribution in [0.3, 0.4) is 0 Å². The molecule has 3 rings (SSSR count). The van der Waals surface area contributed by atoms with Crippen molar-refractivity contribution in [2.45, 2.75) is 38.3 Å². The molecule has 21 heavy (non-hydrogen) atoms. The fraction of sp³-hybridized carbons (Fsp3) is 0.647. The highest BCUT2D eigenvalue weighted by molar-refractivity contribution is 5.51. The highest BCUT2D eigenvalue weighted by Crippen LogP contribution is 2.48. The summed E-state index contributed by atoms with van der Waals surface area (Å²) in [5, 5.41) is 13.6. The Hall–Kier alpha value is -1.10. The molecule has 4 heteroatoms. The number of rotatable bonds is 3. The molecule has 116 valence electrons. The molecule has 0 aromatic heterocycles. The Labute approximate surface area is 127 Å². The predicted octanol–water partition coefficient (Wildman–Crippen LogP) is 2.17. The molecule has 1 aromatic rings. The van der Waals surface area contributed by atoms with Gasteiger partial charge in [0, 0.05) is 31.2 Å². The van der Waals surface area contributed by atoms with E-state index in [2.05, 4.69) is 24.1 Å². The van der Waals surface area contributed by atoms with Gasteiger partial charge in [0.2, 0.25) is 0 Å². The number of ether oxygens (including phenoxy) is 1. The molecule has 1 aromatic carbocycles. The normalized spacial score (nSPS) is 29.6. The first-order valence-corrected chi connectivity index (χ1v) is 7.94. The highest BCUT2D eigenvalue weighted by atomic mass is 16.5. The zero-order valence-electron chi connectivity index (χ0n) is 13.2.